The second-order valence-electron chi connectivity index (χ2n) is 4.72. The molecule has 0 aliphatic heterocycles. The normalized spacial score (nSPS) is 10.3. The Balaban J connectivity index is 2.23. The van der Waals surface area contributed by atoms with Crippen molar-refractivity contribution >= 4 is 11.7 Å². The summed E-state index contributed by atoms with van der Waals surface area (Å²) in [6.45, 7) is 2.25. The molecule has 0 spiro atoms. The third kappa shape index (κ3) is 3.82. The van der Waals surface area contributed by atoms with E-state index in [1.54, 1.807) is 17.0 Å². The third-order valence-corrected chi connectivity index (χ3v) is 2.99. The summed E-state index contributed by atoms with van der Waals surface area (Å²) >= 11 is 0. The zero-order chi connectivity index (χ0) is 14.5. The highest BCUT2D eigenvalue weighted by Crippen LogP contribution is 2.18. The highest BCUT2D eigenvalue weighted by atomic mass is 19.1. The van der Waals surface area contributed by atoms with Gasteiger partial charge in [0.1, 0.15) is 12.4 Å². The van der Waals surface area contributed by atoms with E-state index in [1.807, 2.05) is 31.2 Å². The molecule has 0 saturated heterocycles. The van der Waals surface area contributed by atoms with Gasteiger partial charge in [0.15, 0.2) is 0 Å². The Kier molecular flexibility index (Phi) is 4.35. The Morgan fingerprint density at radius 2 is 1.90 bits per heavy atom. The number of carboxylic acid groups (broad SMARTS) is 1. The predicted molar refractivity (Wildman–Crippen MR) is 76.3 cm³/mol. The van der Waals surface area contributed by atoms with E-state index in [2.05, 4.69) is 0 Å². The van der Waals surface area contributed by atoms with Crippen LogP contribution in [0, 0.1) is 12.7 Å². The second kappa shape index (κ2) is 6.19. The molecule has 0 aliphatic rings. The standard InChI is InChI=1S/C16H16FNO2/c1-12-5-7-13(8-6-12)10-18(11-16(19)20)15-4-2-3-14(17)9-15/h2-9H,10-11H2,1H3,(H,19,20). The number of halogens is 1. The largest absolute Gasteiger partial charge is 0.480 e. The van der Waals surface area contributed by atoms with Crippen molar-refractivity contribution in [2.75, 3.05) is 11.4 Å². The maximum absolute atomic E-state index is 13.3. The summed E-state index contributed by atoms with van der Waals surface area (Å²) in [6.07, 6.45) is 0. The van der Waals surface area contributed by atoms with Crippen LogP contribution in [0.15, 0.2) is 48.5 Å². The molecule has 0 bridgehead atoms. The third-order valence-electron chi connectivity index (χ3n) is 2.99. The van der Waals surface area contributed by atoms with E-state index in [4.69, 9.17) is 5.11 Å². The van der Waals surface area contributed by atoms with Crippen molar-refractivity contribution in [1.82, 2.24) is 0 Å². The smallest absolute Gasteiger partial charge is 0.323 e. The van der Waals surface area contributed by atoms with Crippen molar-refractivity contribution in [3.05, 3.63) is 65.5 Å². The van der Waals surface area contributed by atoms with Gasteiger partial charge in [0.05, 0.1) is 0 Å². The van der Waals surface area contributed by atoms with Crippen LogP contribution in [-0.2, 0) is 11.3 Å². The molecule has 2 rings (SSSR count). The van der Waals surface area contributed by atoms with Gasteiger partial charge in [0, 0.05) is 12.2 Å². The van der Waals surface area contributed by atoms with Crippen molar-refractivity contribution in [3.8, 4) is 0 Å². The summed E-state index contributed by atoms with van der Waals surface area (Å²) in [4.78, 5) is 12.6. The summed E-state index contributed by atoms with van der Waals surface area (Å²) < 4.78 is 13.3. The summed E-state index contributed by atoms with van der Waals surface area (Å²) in [6, 6.07) is 13.8. The summed E-state index contributed by atoms with van der Waals surface area (Å²) in [5.41, 5.74) is 2.69. The molecule has 0 fully saturated rings. The van der Waals surface area contributed by atoms with Crippen molar-refractivity contribution in [1.29, 1.82) is 0 Å². The van der Waals surface area contributed by atoms with Gasteiger partial charge in [-0.3, -0.25) is 4.79 Å². The first kappa shape index (κ1) is 14.1. The molecule has 0 atom stereocenters. The monoisotopic (exact) mass is 273 g/mol. The fourth-order valence-electron chi connectivity index (χ4n) is 1.99. The summed E-state index contributed by atoms with van der Waals surface area (Å²) in [7, 11) is 0. The molecule has 4 heteroatoms. The van der Waals surface area contributed by atoms with Crippen LogP contribution >= 0.6 is 0 Å². The van der Waals surface area contributed by atoms with Gasteiger partial charge in [0.25, 0.3) is 0 Å². The Bertz CT molecular complexity index is 596. The number of aryl methyl sites for hydroxylation is 1. The Hall–Kier alpha value is -2.36. The second-order valence-corrected chi connectivity index (χ2v) is 4.72. The number of anilines is 1. The molecule has 0 aliphatic carbocycles. The number of hydrogen-bond acceptors (Lipinski definition) is 2. The fourth-order valence-corrected chi connectivity index (χ4v) is 1.99. The first-order valence-corrected chi connectivity index (χ1v) is 6.32. The van der Waals surface area contributed by atoms with Gasteiger partial charge in [0.2, 0.25) is 0 Å². The van der Waals surface area contributed by atoms with Crippen LogP contribution in [-0.4, -0.2) is 17.6 Å². The quantitative estimate of drug-likeness (QED) is 0.909. The number of nitrogens with zero attached hydrogens (tertiary/aromatic N) is 1. The molecular weight excluding hydrogens is 257 g/mol. The van der Waals surface area contributed by atoms with E-state index < -0.39 is 5.97 Å². The zero-order valence-corrected chi connectivity index (χ0v) is 11.2. The Labute approximate surface area is 117 Å². The molecule has 0 amide bonds. The first-order valence-electron chi connectivity index (χ1n) is 6.32. The van der Waals surface area contributed by atoms with Gasteiger partial charge >= 0.3 is 5.97 Å². The van der Waals surface area contributed by atoms with Gasteiger partial charge in [-0.05, 0) is 30.7 Å². The lowest BCUT2D eigenvalue weighted by molar-refractivity contribution is -0.135. The lowest BCUT2D eigenvalue weighted by Crippen LogP contribution is -2.29. The van der Waals surface area contributed by atoms with E-state index in [0.717, 1.165) is 11.1 Å². The highest BCUT2D eigenvalue weighted by Gasteiger charge is 2.12. The van der Waals surface area contributed by atoms with Crippen LogP contribution in [0.4, 0.5) is 10.1 Å². The van der Waals surface area contributed by atoms with Crippen LogP contribution in [0.1, 0.15) is 11.1 Å². The topological polar surface area (TPSA) is 40.5 Å². The first-order chi connectivity index (χ1) is 9.54. The summed E-state index contributed by atoms with van der Waals surface area (Å²) in [5.74, 6) is -1.32. The Morgan fingerprint density at radius 1 is 1.20 bits per heavy atom. The number of hydrogen-bond donors (Lipinski definition) is 1. The molecule has 0 radical (unpaired) electrons. The van der Waals surface area contributed by atoms with E-state index in [1.165, 1.54) is 12.1 Å². The maximum Gasteiger partial charge on any atom is 0.323 e. The van der Waals surface area contributed by atoms with E-state index in [0.29, 0.717) is 12.2 Å². The lowest BCUT2D eigenvalue weighted by Gasteiger charge is -2.23. The summed E-state index contributed by atoms with van der Waals surface area (Å²) in [5, 5.41) is 9.00. The zero-order valence-electron chi connectivity index (χ0n) is 11.2. The molecule has 20 heavy (non-hydrogen) atoms. The van der Waals surface area contributed by atoms with E-state index >= 15 is 0 Å². The van der Waals surface area contributed by atoms with Crippen molar-refractivity contribution in [2.45, 2.75) is 13.5 Å². The Morgan fingerprint density at radius 3 is 2.50 bits per heavy atom. The molecule has 0 aromatic heterocycles. The molecule has 1 N–H and O–H groups in total. The number of benzene rings is 2. The molecular formula is C16H16FNO2. The molecule has 2 aromatic carbocycles. The number of carboxylic acids is 1. The van der Waals surface area contributed by atoms with Gasteiger partial charge in [-0.2, -0.15) is 0 Å². The minimum Gasteiger partial charge on any atom is -0.480 e. The van der Waals surface area contributed by atoms with Gasteiger partial charge < -0.3 is 10.0 Å². The van der Waals surface area contributed by atoms with Gasteiger partial charge in [-0.25, -0.2) is 4.39 Å². The molecule has 3 nitrogen and oxygen atoms in total. The molecule has 0 saturated carbocycles. The predicted octanol–water partition coefficient (Wildman–Crippen LogP) is 3.23. The number of aliphatic carboxylic acids is 1. The van der Waals surface area contributed by atoms with E-state index in [9.17, 15) is 9.18 Å². The SMILES string of the molecule is Cc1ccc(CN(CC(=O)O)c2cccc(F)c2)cc1. The van der Waals surface area contributed by atoms with Crippen LogP contribution in [0.5, 0.6) is 0 Å². The lowest BCUT2D eigenvalue weighted by atomic mass is 10.1. The molecule has 0 unspecified atom stereocenters. The minimum absolute atomic E-state index is 0.169. The van der Waals surface area contributed by atoms with Crippen molar-refractivity contribution in [3.63, 3.8) is 0 Å². The van der Waals surface area contributed by atoms with Crippen molar-refractivity contribution in [2.24, 2.45) is 0 Å². The van der Waals surface area contributed by atoms with Crippen LogP contribution in [0.25, 0.3) is 0 Å². The van der Waals surface area contributed by atoms with Crippen LogP contribution in [0.3, 0.4) is 0 Å². The molecule has 2 aromatic rings. The highest BCUT2D eigenvalue weighted by molar-refractivity contribution is 5.73. The molecule has 104 valence electrons. The van der Waals surface area contributed by atoms with Gasteiger partial charge in [-0.15, -0.1) is 0 Å². The van der Waals surface area contributed by atoms with Crippen LogP contribution in [0.2, 0.25) is 0 Å². The average Bonchev–Trinajstić information content (AvgIpc) is 2.40. The number of carbonyl (C=O) groups is 1. The molecule has 0 heterocycles. The van der Waals surface area contributed by atoms with Crippen molar-refractivity contribution < 1.29 is 14.3 Å². The fraction of sp³-hybridized carbons (Fsp3) is 0.188. The van der Waals surface area contributed by atoms with Crippen LogP contribution < -0.4 is 4.90 Å². The maximum atomic E-state index is 13.3. The van der Waals surface area contributed by atoms with Gasteiger partial charge in [-0.1, -0.05) is 35.9 Å². The average molecular weight is 273 g/mol. The minimum atomic E-state index is -0.943. The van der Waals surface area contributed by atoms with E-state index in [-0.39, 0.29) is 12.4 Å². The number of rotatable bonds is 5.